The third-order valence-corrected chi connectivity index (χ3v) is 5.67. The molecule has 0 bridgehead atoms. The van der Waals surface area contributed by atoms with Gasteiger partial charge in [0, 0.05) is 5.02 Å². The fraction of sp³-hybridized carbons (Fsp3) is 0.240. The van der Waals surface area contributed by atoms with Gasteiger partial charge in [-0.1, -0.05) is 53.0 Å². The van der Waals surface area contributed by atoms with Crippen LogP contribution in [0.15, 0.2) is 60.7 Å². The summed E-state index contributed by atoms with van der Waals surface area (Å²) in [7, 11) is 0. The van der Waals surface area contributed by atoms with Crippen LogP contribution in [0.3, 0.4) is 0 Å². The van der Waals surface area contributed by atoms with Crippen LogP contribution >= 0.6 is 23.2 Å². The molecule has 0 amide bonds. The molecule has 0 aliphatic carbocycles. The Kier molecular flexibility index (Phi) is 6.89. The summed E-state index contributed by atoms with van der Waals surface area (Å²) in [6.45, 7) is 4.71. The van der Waals surface area contributed by atoms with Gasteiger partial charge in [-0.25, -0.2) is 4.98 Å². The molecule has 3 aromatic carbocycles. The Morgan fingerprint density at radius 2 is 1.75 bits per heavy atom. The Labute approximate surface area is 197 Å². The number of aliphatic hydroxyl groups is 1. The van der Waals surface area contributed by atoms with E-state index in [1.165, 1.54) is 5.56 Å². The van der Waals surface area contributed by atoms with Crippen molar-refractivity contribution in [3.63, 3.8) is 0 Å². The van der Waals surface area contributed by atoms with Gasteiger partial charge in [-0.05, 0) is 55.8 Å². The summed E-state index contributed by atoms with van der Waals surface area (Å²) in [4.78, 5) is 4.69. The van der Waals surface area contributed by atoms with E-state index in [9.17, 15) is 5.11 Å². The van der Waals surface area contributed by atoms with Crippen LogP contribution in [0.2, 0.25) is 10.0 Å². The van der Waals surface area contributed by atoms with Crippen molar-refractivity contribution in [2.45, 2.75) is 33.1 Å². The Hall–Kier alpha value is -2.73. The second kappa shape index (κ2) is 9.82. The predicted molar refractivity (Wildman–Crippen MR) is 128 cm³/mol. The summed E-state index contributed by atoms with van der Waals surface area (Å²) in [6.07, 6.45) is -0.730. The zero-order valence-corrected chi connectivity index (χ0v) is 19.4. The van der Waals surface area contributed by atoms with Crippen molar-refractivity contribution >= 4 is 34.2 Å². The molecule has 1 N–H and O–H groups in total. The standard InChI is InChI=1S/C25H24Cl2N2O3/c1-16-7-9-23(17(2)11-16)31-14-19(30)13-29-22-6-4-3-5-21(22)28-25(29)15-32-24-10-8-18(26)12-20(24)27/h3-12,19,30H,13-15H2,1-2H3. The van der Waals surface area contributed by atoms with Gasteiger partial charge in [-0.3, -0.25) is 0 Å². The Morgan fingerprint density at radius 3 is 2.53 bits per heavy atom. The lowest BCUT2D eigenvalue weighted by molar-refractivity contribution is 0.0914. The van der Waals surface area contributed by atoms with Gasteiger partial charge in [0.05, 0.1) is 22.6 Å². The number of nitrogens with zero attached hydrogens (tertiary/aromatic N) is 2. The molecule has 5 nitrogen and oxygen atoms in total. The van der Waals surface area contributed by atoms with E-state index < -0.39 is 6.10 Å². The number of aryl methyl sites for hydroxylation is 2. The summed E-state index contributed by atoms with van der Waals surface area (Å²) < 4.78 is 13.7. The molecule has 1 heterocycles. The summed E-state index contributed by atoms with van der Waals surface area (Å²) in [5.74, 6) is 1.97. The van der Waals surface area contributed by atoms with Gasteiger partial charge in [0.25, 0.3) is 0 Å². The first-order valence-electron chi connectivity index (χ1n) is 10.3. The number of benzene rings is 3. The molecular weight excluding hydrogens is 447 g/mol. The van der Waals surface area contributed by atoms with Gasteiger partial charge in [0.15, 0.2) is 0 Å². The second-order valence-corrected chi connectivity index (χ2v) is 8.57. The molecule has 32 heavy (non-hydrogen) atoms. The van der Waals surface area contributed by atoms with Crippen molar-refractivity contribution in [2.75, 3.05) is 6.61 Å². The smallest absolute Gasteiger partial charge is 0.148 e. The fourth-order valence-corrected chi connectivity index (χ4v) is 4.05. The number of imidazole rings is 1. The molecule has 166 valence electrons. The largest absolute Gasteiger partial charge is 0.491 e. The van der Waals surface area contributed by atoms with E-state index >= 15 is 0 Å². The van der Waals surface area contributed by atoms with Crippen LogP contribution in [0.25, 0.3) is 11.0 Å². The highest BCUT2D eigenvalue weighted by molar-refractivity contribution is 6.35. The minimum absolute atomic E-state index is 0.166. The molecule has 0 spiro atoms. The van der Waals surface area contributed by atoms with Crippen molar-refractivity contribution < 1.29 is 14.6 Å². The Bertz CT molecular complexity index is 1240. The zero-order chi connectivity index (χ0) is 22.7. The molecule has 1 unspecified atom stereocenters. The van der Waals surface area contributed by atoms with Crippen LogP contribution < -0.4 is 9.47 Å². The molecule has 1 aromatic heterocycles. The molecule has 4 aromatic rings. The van der Waals surface area contributed by atoms with Crippen molar-refractivity contribution in [1.29, 1.82) is 0 Å². The highest BCUT2D eigenvalue weighted by Crippen LogP contribution is 2.28. The van der Waals surface area contributed by atoms with Crippen LogP contribution in [-0.2, 0) is 13.2 Å². The van der Waals surface area contributed by atoms with Gasteiger partial charge in [0.1, 0.15) is 36.6 Å². The predicted octanol–water partition coefficient (Wildman–Crippen LogP) is 5.98. The first-order valence-corrected chi connectivity index (χ1v) is 11.1. The summed E-state index contributed by atoms with van der Waals surface area (Å²) in [5, 5.41) is 11.7. The van der Waals surface area contributed by atoms with Gasteiger partial charge >= 0.3 is 0 Å². The van der Waals surface area contributed by atoms with Crippen LogP contribution in [0, 0.1) is 13.8 Å². The van der Waals surface area contributed by atoms with Gasteiger partial charge < -0.3 is 19.1 Å². The number of hydrogen-bond acceptors (Lipinski definition) is 4. The maximum absolute atomic E-state index is 10.7. The number of ether oxygens (including phenoxy) is 2. The molecule has 0 saturated carbocycles. The molecule has 0 saturated heterocycles. The SMILES string of the molecule is Cc1ccc(OCC(O)Cn2c(COc3ccc(Cl)cc3Cl)nc3ccccc32)c(C)c1. The number of hydrogen-bond donors (Lipinski definition) is 1. The van der Waals surface area contributed by atoms with E-state index in [1.54, 1.807) is 18.2 Å². The van der Waals surface area contributed by atoms with Crippen LogP contribution in [0.5, 0.6) is 11.5 Å². The van der Waals surface area contributed by atoms with E-state index in [-0.39, 0.29) is 13.2 Å². The molecular formula is C25H24Cl2N2O3. The highest BCUT2D eigenvalue weighted by Gasteiger charge is 2.16. The maximum atomic E-state index is 10.7. The molecule has 0 aliphatic heterocycles. The van der Waals surface area contributed by atoms with E-state index in [0.717, 1.165) is 22.3 Å². The van der Waals surface area contributed by atoms with Crippen LogP contribution in [-0.4, -0.2) is 27.4 Å². The molecule has 0 radical (unpaired) electrons. The number of aliphatic hydroxyl groups excluding tert-OH is 1. The van der Waals surface area contributed by atoms with Crippen molar-refractivity contribution in [3.8, 4) is 11.5 Å². The number of aromatic nitrogens is 2. The number of fused-ring (bicyclic) bond motifs is 1. The average molecular weight is 471 g/mol. The van der Waals surface area contributed by atoms with Crippen LogP contribution in [0.4, 0.5) is 0 Å². The van der Waals surface area contributed by atoms with E-state index in [0.29, 0.717) is 28.2 Å². The van der Waals surface area contributed by atoms with E-state index in [1.807, 2.05) is 54.8 Å². The summed E-state index contributed by atoms with van der Waals surface area (Å²) in [5.41, 5.74) is 3.96. The summed E-state index contributed by atoms with van der Waals surface area (Å²) in [6, 6.07) is 18.8. The van der Waals surface area contributed by atoms with Gasteiger partial charge in [0.2, 0.25) is 0 Å². The zero-order valence-electron chi connectivity index (χ0n) is 17.9. The molecule has 0 aliphatic rings. The number of rotatable bonds is 8. The van der Waals surface area contributed by atoms with Crippen LogP contribution in [0.1, 0.15) is 17.0 Å². The van der Waals surface area contributed by atoms with E-state index in [4.69, 9.17) is 32.7 Å². The van der Waals surface area contributed by atoms with Crippen molar-refractivity contribution in [3.05, 3.63) is 87.7 Å². The maximum Gasteiger partial charge on any atom is 0.148 e. The topological polar surface area (TPSA) is 56.5 Å². The molecule has 1 atom stereocenters. The first kappa shape index (κ1) is 22.5. The van der Waals surface area contributed by atoms with Crippen molar-refractivity contribution in [1.82, 2.24) is 9.55 Å². The second-order valence-electron chi connectivity index (χ2n) is 7.72. The monoisotopic (exact) mass is 470 g/mol. The lowest BCUT2D eigenvalue weighted by atomic mass is 10.1. The van der Waals surface area contributed by atoms with E-state index in [2.05, 4.69) is 11.1 Å². The average Bonchev–Trinajstić information content (AvgIpc) is 3.10. The lowest BCUT2D eigenvalue weighted by Crippen LogP contribution is -2.25. The van der Waals surface area contributed by atoms with Gasteiger partial charge in [-0.15, -0.1) is 0 Å². The van der Waals surface area contributed by atoms with Gasteiger partial charge in [-0.2, -0.15) is 0 Å². The molecule has 0 fully saturated rings. The number of para-hydroxylation sites is 2. The Morgan fingerprint density at radius 1 is 0.969 bits per heavy atom. The normalized spacial score (nSPS) is 12.2. The molecule has 4 rings (SSSR count). The fourth-order valence-electron chi connectivity index (χ4n) is 3.58. The quantitative estimate of drug-likeness (QED) is 0.344. The minimum atomic E-state index is -0.730. The lowest BCUT2D eigenvalue weighted by Gasteiger charge is -2.17. The number of halogens is 2. The third-order valence-electron chi connectivity index (χ3n) is 5.14. The third kappa shape index (κ3) is 5.18. The highest BCUT2D eigenvalue weighted by atomic mass is 35.5. The van der Waals surface area contributed by atoms with Crippen molar-refractivity contribution in [2.24, 2.45) is 0 Å². The minimum Gasteiger partial charge on any atom is -0.491 e. The molecule has 7 heteroatoms. The Balaban J connectivity index is 1.50. The summed E-state index contributed by atoms with van der Waals surface area (Å²) >= 11 is 12.2. The first-order chi connectivity index (χ1) is 15.4.